The number of hydrogen-bond acceptors (Lipinski definition) is 5. The highest BCUT2D eigenvalue weighted by molar-refractivity contribution is 4.91. The Labute approximate surface area is 96.4 Å². The molecule has 0 radical (unpaired) electrons. The lowest BCUT2D eigenvalue weighted by Crippen LogP contribution is -2.24. The van der Waals surface area contributed by atoms with E-state index in [1.807, 2.05) is 18.5 Å². The molecule has 2 atom stereocenters. The molecule has 1 aromatic heterocycles. The van der Waals surface area contributed by atoms with Crippen molar-refractivity contribution >= 4 is 0 Å². The Hall–Kier alpha value is -1.01. The minimum Gasteiger partial charge on any atom is -0.380 e. The maximum Gasteiger partial charge on any atom is 0.168 e. The van der Waals surface area contributed by atoms with Crippen molar-refractivity contribution in [2.45, 2.75) is 39.8 Å². The van der Waals surface area contributed by atoms with E-state index < -0.39 is 0 Å². The van der Waals surface area contributed by atoms with Crippen LogP contribution >= 0.6 is 0 Å². The molecule has 0 aliphatic carbocycles. The van der Waals surface area contributed by atoms with Gasteiger partial charge in [-0.1, -0.05) is 6.92 Å². The Bertz CT molecular complexity index is 301. The van der Waals surface area contributed by atoms with Crippen molar-refractivity contribution in [2.75, 3.05) is 19.8 Å². The molecule has 2 unspecified atom stereocenters. The van der Waals surface area contributed by atoms with Crippen LogP contribution in [0.1, 0.15) is 45.6 Å². The highest BCUT2D eigenvalue weighted by Crippen LogP contribution is 2.13. The molecule has 0 saturated carbocycles. The van der Waals surface area contributed by atoms with Gasteiger partial charge in [-0.15, -0.1) is 5.10 Å². The van der Waals surface area contributed by atoms with Gasteiger partial charge in [0.25, 0.3) is 0 Å². The van der Waals surface area contributed by atoms with Gasteiger partial charge in [0.1, 0.15) is 0 Å². The third-order valence-electron chi connectivity index (χ3n) is 2.40. The average molecular weight is 227 g/mol. The first kappa shape index (κ1) is 13.1. The van der Waals surface area contributed by atoms with Crippen LogP contribution in [-0.4, -0.2) is 40.0 Å². The first-order chi connectivity index (χ1) is 7.70. The molecule has 0 aliphatic heterocycles. The molecule has 0 bridgehead atoms. The topological polar surface area (TPSA) is 64.9 Å². The van der Waals surface area contributed by atoms with Gasteiger partial charge < -0.3 is 10.1 Å². The van der Waals surface area contributed by atoms with Gasteiger partial charge in [0, 0.05) is 6.61 Å². The van der Waals surface area contributed by atoms with E-state index in [1.165, 1.54) is 0 Å². The fourth-order valence-electron chi connectivity index (χ4n) is 1.56. The van der Waals surface area contributed by atoms with Crippen molar-refractivity contribution in [2.24, 2.45) is 0 Å². The number of ether oxygens (including phenoxy) is 1. The van der Waals surface area contributed by atoms with Crippen LogP contribution < -0.4 is 5.32 Å². The van der Waals surface area contributed by atoms with Gasteiger partial charge in [-0.25, -0.2) is 4.68 Å². The summed E-state index contributed by atoms with van der Waals surface area (Å²) in [6.07, 6.45) is 0. The quantitative estimate of drug-likeness (QED) is 0.751. The maximum absolute atomic E-state index is 5.38. The summed E-state index contributed by atoms with van der Waals surface area (Å²) in [6.45, 7) is 10.4. The van der Waals surface area contributed by atoms with E-state index in [0.717, 1.165) is 12.4 Å². The van der Waals surface area contributed by atoms with Crippen LogP contribution in [0.25, 0.3) is 0 Å². The molecule has 0 saturated heterocycles. The maximum atomic E-state index is 5.38. The van der Waals surface area contributed by atoms with Crippen molar-refractivity contribution in [3.05, 3.63) is 5.82 Å². The normalized spacial score (nSPS) is 15.0. The van der Waals surface area contributed by atoms with Crippen LogP contribution in [0.3, 0.4) is 0 Å². The third-order valence-corrected chi connectivity index (χ3v) is 2.40. The lowest BCUT2D eigenvalue weighted by molar-refractivity contribution is 0.112. The minimum atomic E-state index is 0.157. The standard InChI is InChI=1S/C10H21N5O/c1-5-11-9(4)10-12-13-14-15(10)8(3)7-16-6-2/h8-9,11H,5-7H2,1-4H3. The van der Waals surface area contributed by atoms with Gasteiger partial charge in [-0.2, -0.15) is 0 Å². The van der Waals surface area contributed by atoms with Crippen LogP contribution in [0.2, 0.25) is 0 Å². The number of nitrogens with one attached hydrogen (secondary N) is 1. The molecule has 0 spiro atoms. The summed E-state index contributed by atoms with van der Waals surface area (Å²) in [6, 6.07) is 0.315. The summed E-state index contributed by atoms with van der Waals surface area (Å²) in [5.74, 6) is 0.856. The molecular formula is C10H21N5O. The van der Waals surface area contributed by atoms with Crippen molar-refractivity contribution < 1.29 is 4.74 Å². The van der Waals surface area contributed by atoms with Crippen molar-refractivity contribution in [3.63, 3.8) is 0 Å². The van der Waals surface area contributed by atoms with Crippen LogP contribution in [0.5, 0.6) is 0 Å². The molecule has 92 valence electrons. The Morgan fingerprint density at radius 3 is 2.75 bits per heavy atom. The van der Waals surface area contributed by atoms with Gasteiger partial charge in [-0.3, -0.25) is 0 Å². The number of hydrogen-bond donors (Lipinski definition) is 1. The fourth-order valence-corrected chi connectivity index (χ4v) is 1.56. The lowest BCUT2D eigenvalue weighted by Gasteiger charge is -2.16. The molecule has 0 aliphatic rings. The van der Waals surface area contributed by atoms with E-state index in [2.05, 4.69) is 34.7 Å². The SMILES string of the molecule is CCNC(C)c1nnnn1C(C)COCC. The summed E-state index contributed by atoms with van der Waals surface area (Å²) >= 11 is 0. The van der Waals surface area contributed by atoms with Gasteiger partial charge in [0.15, 0.2) is 5.82 Å². The number of tetrazole rings is 1. The Balaban J connectivity index is 2.68. The predicted molar refractivity (Wildman–Crippen MR) is 61.1 cm³/mol. The Kier molecular flexibility index (Phi) is 5.34. The second-order valence-corrected chi connectivity index (χ2v) is 3.77. The van der Waals surface area contributed by atoms with Crippen LogP contribution in [0, 0.1) is 0 Å². The zero-order valence-corrected chi connectivity index (χ0v) is 10.5. The Morgan fingerprint density at radius 1 is 1.38 bits per heavy atom. The van der Waals surface area contributed by atoms with Crippen molar-refractivity contribution in [1.82, 2.24) is 25.5 Å². The summed E-state index contributed by atoms with van der Waals surface area (Å²) in [4.78, 5) is 0. The largest absolute Gasteiger partial charge is 0.380 e. The molecule has 0 amide bonds. The molecule has 1 heterocycles. The van der Waals surface area contributed by atoms with Crippen LogP contribution in [0.15, 0.2) is 0 Å². The summed E-state index contributed by atoms with van der Waals surface area (Å²) < 4.78 is 7.20. The second kappa shape index (κ2) is 6.55. The molecule has 16 heavy (non-hydrogen) atoms. The monoisotopic (exact) mass is 227 g/mol. The second-order valence-electron chi connectivity index (χ2n) is 3.77. The number of rotatable bonds is 7. The van der Waals surface area contributed by atoms with Gasteiger partial charge in [0.05, 0.1) is 18.7 Å². The van der Waals surface area contributed by atoms with E-state index >= 15 is 0 Å². The zero-order chi connectivity index (χ0) is 12.0. The summed E-state index contributed by atoms with van der Waals surface area (Å²) in [7, 11) is 0. The van der Waals surface area contributed by atoms with Crippen molar-refractivity contribution in [3.8, 4) is 0 Å². The molecular weight excluding hydrogens is 206 g/mol. The molecule has 1 rings (SSSR count). The molecule has 1 aromatic rings. The van der Waals surface area contributed by atoms with E-state index in [-0.39, 0.29) is 12.1 Å². The van der Waals surface area contributed by atoms with E-state index in [9.17, 15) is 0 Å². The number of aromatic nitrogens is 4. The smallest absolute Gasteiger partial charge is 0.168 e. The van der Waals surface area contributed by atoms with E-state index in [0.29, 0.717) is 13.2 Å². The molecule has 0 aromatic carbocycles. The fraction of sp³-hybridized carbons (Fsp3) is 0.900. The Morgan fingerprint density at radius 2 is 2.12 bits per heavy atom. The van der Waals surface area contributed by atoms with Gasteiger partial charge in [0.2, 0.25) is 0 Å². The van der Waals surface area contributed by atoms with E-state index in [1.54, 1.807) is 0 Å². The summed E-state index contributed by atoms with van der Waals surface area (Å²) in [5.41, 5.74) is 0. The molecule has 6 heteroatoms. The highest BCUT2D eigenvalue weighted by atomic mass is 16.5. The predicted octanol–water partition coefficient (Wildman–Crippen LogP) is 0.941. The molecule has 0 fully saturated rings. The van der Waals surface area contributed by atoms with Crippen LogP contribution in [0.4, 0.5) is 0 Å². The summed E-state index contributed by atoms with van der Waals surface area (Å²) in [5, 5.41) is 15.1. The van der Waals surface area contributed by atoms with Gasteiger partial charge in [-0.05, 0) is 37.7 Å². The molecule has 6 nitrogen and oxygen atoms in total. The minimum absolute atomic E-state index is 0.157. The van der Waals surface area contributed by atoms with Crippen molar-refractivity contribution in [1.29, 1.82) is 0 Å². The lowest BCUT2D eigenvalue weighted by atomic mass is 10.3. The molecule has 1 N–H and O–H groups in total. The van der Waals surface area contributed by atoms with E-state index in [4.69, 9.17) is 4.74 Å². The first-order valence-corrected chi connectivity index (χ1v) is 5.79. The number of nitrogens with zero attached hydrogens (tertiary/aromatic N) is 4. The highest BCUT2D eigenvalue weighted by Gasteiger charge is 2.17. The first-order valence-electron chi connectivity index (χ1n) is 5.79. The van der Waals surface area contributed by atoms with Gasteiger partial charge >= 0.3 is 0 Å². The third kappa shape index (κ3) is 3.24. The van der Waals surface area contributed by atoms with Crippen LogP contribution in [-0.2, 0) is 4.74 Å². The zero-order valence-electron chi connectivity index (χ0n) is 10.5. The average Bonchev–Trinajstić information content (AvgIpc) is 2.75.